The summed E-state index contributed by atoms with van der Waals surface area (Å²) in [6.07, 6.45) is 2.07. The van der Waals surface area contributed by atoms with Crippen LogP contribution in [-0.2, 0) is 5.88 Å². The number of benzene rings is 1. The van der Waals surface area contributed by atoms with Crippen LogP contribution >= 0.6 is 34.7 Å². The monoisotopic (exact) mass is 243 g/mol. The van der Waals surface area contributed by atoms with Crippen molar-refractivity contribution >= 4 is 50.5 Å². The number of halogens is 1. The Labute approximate surface area is 96.2 Å². The Morgan fingerprint density at radius 3 is 3.00 bits per heavy atom. The molecule has 0 amide bonds. The summed E-state index contributed by atoms with van der Waals surface area (Å²) in [5.41, 5.74) is 7.91. The maximum atomic E-state index is 5.94. The van der Waals surface area contributed by atoms with Crippen LogP contribution in [0, 0.1) is 0 Å². The molecule has 1 aromatic carbocycles. The van der Waals surface area contributed by atoms with E-state index in [-0.39, 0.29) is 0 Å². The highest BCUT2D eigenvalue weighted by atomic mass is 35.5. The summed E-state index contributed by atoms with van der Waals surface area (Å²) in [5.74, 6) is 0.520. The Hall–Kier alpha value is -0.380. The normalized spacial score (nSPS) is 11.0. The topological polar surface area (TPSA) is 26.0 Å². The summed E-state index contributed by atoms with van der Waals surface area (Å²) in [4.78, 5) is 1.26. The molecule has 2 N–H and O–H groups in total. The lowest BCUT2D eigenvalue weighted by molar-refractivity contribution is 1.31. The van der Waals surface area contributed by atoms with E-state index < -0.39 is 0 Å². The molecule has 0 aliphatic heterocycles. The van der Waals surface area contributed by atoms with Crippen LogP contribution in [0.5, 0.6) is 0 Å². The highest BCUT2D eigenvalue weighted by Crippen LogP contribution is 2.37. The first kappa shape index (κ1) is 10.1. The number of nitrogen functional groups attached to an aromatic ring is 1. The van der Waals surface area contributed by atoms with Crippen molar-refractivity contribution in [3.05, 3.63) is 23.1 Å². The number of nitrogens with two attached hydrogens (primary N) is 1. The lowest BCUT2D eigenvalue weighted by Crippen LogP contribution is -1.90. The average Bonchev–Trinajstić information content (AvgIpc) is 2.66. The van der Waals surface area contributed by atoms with Gasteiger partial charge in [-0.15, -0.1) is 34.7 Å². The number of rotatable bonds is 2. The molecule has 0 fully saturated rings. The molecule has 1 nitrogen and oxygen atoms in total. The van der Waals surface area contributed by atoms with Gasteiger partial charge in [-0.1, -0.05) is 0 Å². The van der Waals surface area contributed by atoms with Gasteiger partial charge in [0.2, 0.25) is 0 Å². The van der Waals surface area contributed by atoms with Gasteiger partial charge in [0.25, 0.3) is 0 Å². The van der Waals surface area contributed by atoms with Gasteiger partial charge < -0.3 is 5.73 Å². The third-order valence-corrected chi connectivity index (χ3v) is 4.28. The van der Waals surface area contributed by atoms with E-state index in [1.165, 1.54) is 15.0 Å². The van der Waals surface area contributed by atoms with Gasteiger partial charge in [-0.25, -0.2) is 0 Å². The summed E-state index contributed by atoms with van der Waals surface area (Å²) >= 11 is 9.30. The van der Waals surface area contributed by atoms with Gasteiger partial charge in [-0.2, -0.15) is 0 Å². The zero-order valence-corrected chi connectivity index (χ0v) is 10.1. The molecule has 0 aliphatic rings. The Morgan fingerprint density at radius 2 is 2.36 bits per heavy atom. The quantitative estimate of drug-likeness (QED) is 0.491. The summed E-state index contributed by atoms with van der Waals surface area (Å²) in [6.45, 7) is 0. The van der Waals surface area contributed by atoms with E-state index in [0.717, 1.165) is 11.3 Å². The van der Waals surface area contributed by atoms with Gasteiger partial charge >= 0.3 is 0 Å². The van der Waals surface area contributed by atoms with Crippen molar-refractivity contribution in [2.75, 3.05) is 12.0 Å². The number of hydrogen-bond acceptors (Lipinski definition) is 3. The zero-order chi connectivity index (χ0) is 10.1. The van der Waals surface area contributed by atoms with Crippen LogP contribution < -0.4 is 5.73 Å². The van der Waals surface area contributed by atoms with Crippen LogP contribution in [0.1, 0.15) is 5.56 Å². The van der Waals surface area contributed by atoms with Crippen LogP contribution in [-0.4, -0.2) is 6.26 Å². The van der Waals surface area contributed by atoms with Crippen molar-refractivity contribution in [2.45, 2.75) is 10.8 Å². The molecule has 0 saturated carbocycles. The highest BCUT2D eigenvalue weighted by Gasteiger charge is 2.09. The van der Waals surface area contributed by atoms with Gasteiger partial charge in [0, 0.05) is 21.8 Å². The molecule has 14 heavy (non-hydrogen) atoms. The van der Waals surface area contributed by atoms with E-state index in [9.17, 15) is 0 Å². The molecular weight excluding hydrogens is 234 g/mol. The Bertz CT molecular complexity index is 464. The van der Waals surface area contributed by atoms with Crippen molar-refractivity contribution < 1.29 is 0 Å². The van der Waals surface area contributed by atoms with Crippen LogP contribution in [0.25, 0.3) is 10.1 Å². The zero-order valence-electron chi connectivity index (χ0n) is 7.71. The van der Waals surface area contributed by atoms with Gasteiger partial charge in [0.05, 0.1) is 4.70 Å². The molecule has 74 valence electrons. The number of fused-ring (bicyclic) bond motifs is 1. The third-order valence-electron chi connectivity index (χ3n) is 2.14. The predicted octanol–water partition coefficient (Wildman–Crippen LogP) is 3.94. The fourth-order valence-corrected chi connectivity index (χ4v) is 3.51. The summed E-state index contributed by atoms with van der Waals surface area (Å²) < 4.78 is 1.17. The second kappa shape index (κ2) is 4.01. The van der Waals surface area contributed by atoms with Crippen molar-refractivity contribution in [3.8, 4) is 0 Å². The van der Waals surface area contributed by atoms with Crippen LogP contribution in [0.3, 0.4) is 0 Å². The fourth-order valence-electron chi connectivity index (χ4n) is 1.54. The molecule has 2 aromatic rings. The number of thioether (sulfide) groups is 1. The second-order valence-corrected chi connectivity index (χ2v) is 4.96. The number of anilines is 1. The van der Waals surface area contributed by atoms with Crippen molar-refractivity contribution in [2.24, 2.45) is 0 Å². The maximum Gasteiger partial charge on any atom is 0.0583 e. The maximum absolute atomic E-state index is 5.94. The largest absolute Gasteiger partial charge is 0.398 e. The van der Waals surface area contributed by atoms with Gasteiger partial charge in [0.15, 0.2) is 0 Å². The average molecular weight is 244 g/mol. The molecule has 4 heteroatoms. The third kappa shape index (κ3) is 1.49. The molecule has 2 rings (SSSR count). The molecule has 0 atom stereocenters. The number of alkyl halides is 1. The van der Waals surface area contributed by atoms with E-state index in [1.807, 2.05) is 6.07 Å². The van der Waals surface area contributed by atoms with Gasteiger partial charge in [0.1, 0.15) is 0 Å². The first-order chi connectivity index (χ1) is 6.77. The van der Waals surface area contributed by atoms with Gasteiger partial charge in [-0.3, -0.25) is 0 Å². The van der Waals surface area contributed by atoms with Crippen molar-refractivity contribution in [1.82, 2.24) is 0 Å². The Kier molecular flexibility index (Phi) is 2.91. The lowest BCUT2D eigenvalue weighted by Gasteiger charge is -2.07. The molecule has 0 bridgehead atoms. The molecule has 0 radical (unpaired) electrons. The van der Waals surface area contributed by atoms with Crippen LogP contribution in [0.4, 0.5) is 5.69 Å². The first-order valence-corrected chi connectivity index (χ1v) is 6.80. The fraction of sp³-hybridized carbons (Fsp3) is 0.200. The van der Waals surface area contributed by atoms with E-state index in [4.69, 9.17) is 17.3 Å². The molecule has 0 spiro atoms. The molecule has 1 aromatic heterocycles. The Balaban J connectivity index is 2.82. The summed E-state index contributed by atoms with van der Waals surface area (Å²) in [7, 11) is 0. The van der Waals surface area contributed by atoms with Gasteiger partial charge in [-0.05, 0) is 29.3 Å². The molecule has 0 unspecified atom stereocenters. The number of hydrogen-bond donors (Lipinski definition) is 1. The number of thiophene rings is 1. The van der Waals surface area contributed by atoms with Crippen LogP contribution in [0.2, 0.25) is 0 Å². The van der Waals surface area contributed by atoms with Crippen LogP contribution in [0.15, 0.2) is 22.4 Å². The standard InChI is InChI=1S/C10H10ClNS2/c1-13-9-6(5-11)4-8(12)10-7(9)2-3-14-10/h2-4H,5,12H2,1H3. The smallest absolute Gasteiger partial charge is 0.0583 e. The van der Waals surface area contributed by atoms with E-state index in [0.29, 0.717) is 5.88 Å². The lowest BCUT2D eigenvalue weighted by atomic mass is 10.1. The van der Waals surface area contributed by atoms with E-state index >= 15 is 0 Å². The Morgan fingerprint density at radius 1 is 1.57 bits per heavy atom. The second-order valence-electron chi connectivity index (χ2n) is 2.96. The molecular formula is C10H10ClNS2. The molecule has 1 heterocycles. The minimum atomic E-state index is 0.520. The SMILES string of the molecule is CSc1c(CCl)cc(N)c2sccc12. The predicted molar refractivity (Wildman–Crippen MR) is 67.6 cm³/mol. The molecule has 0 saturated heterocycles. The highest BCUT2D eigenvalue weighted by molar-refractivity contribution is 7.98. The first-order valence-electron chi connectivity index (χ1n) is 4.16. The summed E-state index contributed by atoms with van der Waals surface area (Å²) in [6, 6.07) is 4.09. The van der Waals surface area contributed by atoms with E-state index in [1.54, 1.807) is 23.1 Å². The van der Waals surface area contributed by atoms with Crippen molar-refractivity contribution in [1.29, 1.82) is 0 Å². The van der Waals surface area contributed by atoms with Crippen molar-refractivity contribution in [3.63, 3.8) is 0 Å². The summed E-state index contributed by atoms with van der Waals surface area (Å²) in [5, 5.41) is 3.30. The molecule has 0 aliphatic carbocycles. The van der Waals surface area contributed by atoms with E-state index in [2.05, 4.69) is 17.7 Å². The minimum Gasteiger partial charge on any atom is -0.398 e. The minimum absolute atomic E-state index is 0.520.